The van der Waals surface area contributed by atoms with E-state index >= 15 is 0 Å². The standard InChI is InChI=1S/C18H15ClN2O4S/c19-10-4-3-5-11(8-10)21-17(24)16-15(20(18(21)25)9-14(22)23)12-6-1-2-7-13(12)26-16/h3-5,8H,1-2,6-7,9H2,(H,22,23)/p-1. The Morgan fingerprint density at radius 3 is 2.73 bits per heavy atom. The minimum absolute atomic E-state index is 0.313. The van der Waals surface area contributed by atoms with E-state index in [0.717, 1.165) is 45.3 Å². The Labute approximate surface area is 156 Å². The van der Waals surface area contributed by atoms with Crippen molar-refractivity contribution >= 4 is 39.1 Å². The molecule has 26 heavy (non-hydrogen) atoms. The summed E-state index contributed by atoms with van der Waals surface area (Å²) in [6.45, 7) is -0.598. The van der Waals surface area contributed by atoms with Gasteiger partial charge in [-0.3, -0.25) is 9.36 Å². The number of hydrogen-bond acceptors (Lipinski definition) is 5. The van der Waals surface area contributed by atoms with Crippen LogP contribution in [0.1, 0.15) is 23.3 Å². The predicted molar refractivity (Wildman–Crippen MR) is 98.3 cm³/mol. The Bertz CT molecular complexity index is 1160. The predicted octanol–water partition coefficient (Wildman–Crippen LogP) is 1.50. The molecule has 0 fully saturated rings. The van der Waals surface area contributed by atoms with Crippen molar-refractivity contribution < 1.29 is 9.90 Å². The number of benzene rings is 1. The highest BCUT2D eigenvalue weighted by molar-refractivity contribution is 7.19. The zero-order valence-corrected chi connectivity index (χ0v) is 15.2. The molecule has 1 aromatic carbocycles. The van der Waals surface area contributed by atoms with Crippen LogP contribution in [-0.2, 0) is 24.2 Å². The van der Waals surface area contributed by atoms with Gasteiger partial charge in [-0.05, 0) is 49.4 Å². The SMILES string of the molecule is O=C([O-])Cn1c(=O)n(-c2cccc(Cl)c2)c(=O)c2sc3c(c21)CCCC3. The molecule has 0 amide bonds. The Hall–Kier alpha value is -2.38. The van der Waals surface area contributed by atoms with E-state index in [1.165, 1.54) is 17.4 Å². The lowest BCUT2D eigenvalue weighted by molar-refractivity contribution is -0.306. The fourth-order valence-corrected chi connectivity index (χ4v) is 5.01. The van der Waals surface area contributed by atoms with Crippen LogP contribution in [0.15, 0.2) is 33.9 Å². The van der Waals surface area contributed by atoms with Crippen LogP contribution in [0.3, 0.4) is 0 Å². The van der Waals surface area contributed by atoms with Gasteiger partial charge in [-0.1, -0.05) is 17.7 Å². The van der Waals surface area contributed by atoms with Crippen LogP contribution in [0.2, 0.25) is 5.02 Å². The maximum atomic E-state index is 13.1. The summed E-state index contributed by atoms with van der Waals surface area (Å²) < 4.78 is 2.53. The molecule has 8 heteroatoms. The summed E-state index contributed by atoms with van der Waals surface area (Å²) in [7, 11) is 0. The van der Waals surface area contributed by atoms with E-state index in [-0.39, 0.29) is 0 Å². The first-order valence-corrected chi connectivity index (χ1v) is 9.42. The zero-order valence-electron chi connectivity index (χ0n) is 13.7. The Morgan fingerprint density at radius 2 is 2.00 bits per heavy atom. The van der Waals surface area contributed by atoms with Gasteiger partial charge in [-0.15, -0.1) is 11.3 Å². The summed E-state index contributed by atoms with van der Waals surface area (Å²) in [6.07, 6.45) is 3.55. The van der Waals surface area contributed by atoms with E-state index in [1.54, 1.807) is 18.2 Å². The molecule has 0 unspecified atom stereocenters. The van der Waals surface area contributed by atoms with Crippen molar-refractivity contribution in [3.8, 4) is 5.69 Å². The van der Waals surface area contributed by atoms with Gasteiger partial charge in [0.15, 0.2) is 0 Å². The van der Waals surface area contributed by atoms with E-state index < -0.39 is 23.8 Å². The second-order valence-corrected chi connectivity index (χ2v) is 7.79. The fraction of sp³-hybridized carbons (Fsp3) is 0.278. The number of aromatic nitrogens is 2. The Kier molecular flexibility index (Phi) is 4.20. The Morgan fingerprint density at radius 1 is 1.23 bits per heavy atom. The molecule has 3 aromatic rings. The largest absolute Gasteiger partial charge is 0.548 e. The second-order valence-electron chi connectivity index (χ2n) is 6.25. The molecule has 0 saturated carbocycles. The van der Waals surface area contributed by atoms with Crippen molar-refractivity contribution in [1.29, 1.82) is 0 Å². The van der Waals surface area contributed by atoms with Crippen molar-refractivity contribution in [3.63, 3.8) is 0 Å². The summed E-state index contributed by atoms with van der Waals surface area (Å²) in [5, 5.41) is 11.6. The van der Waals surface area contributed by atoms with Gasteiger partial charge < -0.3 is 9.90 Å². The molecule has 0 N–H and O–H groups in total. The average Bonchev–Trinajstić information content (AvgIpc) is 2.98. The maximum Gasteiger partial charge on any atom is 0.336 e. The smallest absolute Gasteiger partial charge is 0.336 e. The third-order valence-electron chi connectivity index (χ3n) is 4.59. The molecular weight excluding hydrogens is 376 g/mol. The van der Waals surface area contributed by atoms with Gasteiger partial charge in [-0.25, -0.2) is 9.36 Å². The van der Waals surface area contributed by atoms with E-state index in [9.17, 15) is 19.5 Å². The number of aryl methyl sites for hydroxylation is 2. The van der Waals surface area contributed by atoms with Crippen LogP contribution in [0.25, 0.3) is 15.9 Å². The summed E-state index contributed by atoms with van der Waals surface area (Å²) in [5.74, 6) is -1.37. The van der Waals surface area contributed by atoms with Gasteiger partial charge in [0, 0.05) is 9.90 Å². The van der Waals surface area contributed by atoms with Crippen molar-refractivity contribution in [3.05, 3.63) is 60.6 Å². The lowest BCUT2D eigenvalue weighted by Crippen LogP contribution is -2.42. The van der Waals surface area contributed by atoms with Gasteiger partial charge >= 0.3 is 5.69 Å². The topological polar surface area (TPSA) is 84.1 Å². The highest BCUT2D eigenvalue weighted by atomic mass is 35.5. The molecule has 6 nitrogen and oxygen atoms in total. The van der Waals surface area contributed by atoms with E-state index in [4.69, 9.17) is 11.6 Å². The normalized spacial score (nSPS) is 13.7. The summed E-state index contributed by atoms with van der Waals surface area (Å²) in [5.41, 5.74) is 0.543. The van der Waals surface area contributed by atoms with Crippen molar-refractivity contribution in [1.82, 2.24) is 9.13 Å². The number of fused-ring (bicyclic) bond motifs is 3. The van der Waals surface area contributed by atoms with Crippen LogP contribution in [0.5, 0.6) is 0 Å². The van der Waals surface area contributed by atoms with E-state index in [0.29, 0.717) is 20.9 Å². The molecule has 0 saturated heterocycles. The summed E-state index contributed by atoms with van der Waals surface area (Å²) in [6, 6.07) is 6.37. The molecule has 0 atom stereocenters. The monoisotopic (exact) mass is 389 g/mol. The lowest BCUT2D eigenvalue weighted by Gasteiger charge is -2.16. The minimum atomic E-state index is -1.37. The molecule has 2 heterocycles. The number of aliphatic carboxylic acids is 1. The van der Waals surface area contributed by atoms with Gasteiger partial charge in [-0.2, -0.15) is 0 Å². The molecule has 0 bridgehead atoms. The van der Waals surface area contributed by atoms with Gasteiger partial charge in [0.2, 0.25) is 0 Å². The fourth-order valence-electron chi connectivity index (χ4n) is 3.50. The lowest BCUT2D eigenvalue weighted by atomic mass is 9.98. The van der Waals surface area contributed by atoms with Crippen LogP contribution in [-0.4, -0.2) is 15.1 Å². The molecule has 134 valence electrons. The molecule has 4 rings (SSSR count). The molecule has 1 aliphatic carbocycles. The molecule has 0 aliphatic heterocycles. The molecule has 2 aromatic heterocycles. The summed E-state index contributed by atoms with van der Waals surface area (Å²) in [4.78, 5) is 38.4. The van der Waals surface area contributed by atoms with Gasteiger partial charge in [0.1, 0.15) is 4.70 Å². The molecule has 0 radical (unpaired) electrons. The number of nitrogens with zero attached hydrogens (tertiary/aromatic N) is 2. The number of carboxylic acid groups (broad SMARTS) is 1. The zero-order chi connectivity index (χ0) is 18.4. The third-order valence-corrected chi connectivity index (χ3v) is 6.09. The molecular formula is C18H14ClN2O4S-. The highest BCUT2D eigenvalue weighted by Crippen LogP contribution is 2.34. The second kappa shape index (κ2) is 6.41. The number of halogens is 1. The summed E-state index contributed by atoms with van der Waals surface area (Å²) >= 11 is 7.35. The van der Waals surface area contributed by atoms with Crippen LogP contribution < -0.4 is 16.4 Å². The van der Waals surface area contributed by atoms with Crippen molar-refractivity contribution in [2.45, 2.75) is 32.2 Å². The number of carbonyl (C=O) groups excluding carboxylic acids is 1. The van der Waals surface area contributed by atoms with Crippen LogP contribution >= 0.6 is 22.9 Å². The first kappa shape index (κ1) is 17.1. The van der Waals surface area contributed by atoms with Crippen LogP contribution in [0, 0.1) is 0 Å². The Balaban J connectivity index is 2.13. The van der Waals surface area contributed by atoms with E-state index in [2.05, 4.69) is 0 Å². The quantitative estimate of drug-likeness (QED) is 0.679. The number of carboxylic acids is 1. The molecule has 1 aliphatic rings. The molecule has 0 spiro atoms. The maximum absolute atomic E-state index is 13.1. The number of rotatable bonds is 3. The van der Waals surface area contributed by atoms with Gasteiger partial charge in [0.05, 0.1) is 23.7 Å². The first-order chi connectivity index (χ1) is 12.5. The first-order valence-electron chi connectivity index (χ1n) is 8.23. The van der Waals surface area contributed by atoms with Gasteiger partial charge in [0.25, 0.3) is 5.56 Å². The van der Waals surface area contributed by atoms with Crippen molar-refractivity contribution in [2.75, 3.05) is 0 Å². The third kappa shape index (κ3) is 2.68. The number of thiophene rings is 1. The minimum Gasteiger partial charge on any atom is -0.548 e. The number of carbonyl (C=O) groups is 1. The highest BCUT2D eigenvalue weighted by Gasteiger charge is 2.24. The van der Waals surface area contributed by atoms with E-state index in [1.807, 2.05) is 0 Å². The van der Waals surface area contributed by atoms with Crippen LogP contribution in [0.4, 0.5) is 0 Å². The number of hydrogen-bond donors (Lipinski definition) is 0. The van der Waals surface area contributed by atoms with Crippen molar-refractivity contribution in [2.24, 2.45) is 0 Å². The average molecular weight is 390 g/mol.